The Kier molecular flexibility index (Phi) is 4.32. The van der Waals surface area contributed by atoms with Gasteiger partial charge in [-0.15, -0.1) is 0 Å². The Morgan fingerprint density at radius 1 is 1.23 bits per heavy atom. The van der Waals surface area contributed by atoms with Gasteiger partial charge in [0.2, 0.25) is 0 Å². The molecule has 3 N–H and O–H groups in total. The second kappa shape index (κ2) is 6.78. The molecular weight excluding hydrogens is 332 g/mol. The van der Waals surface area contributed by atoms with E-state index in [9.17, 15) is 9.59 Å². The first-order valence-corrected chi connectivity index (χ1v) is 8.54. The maximum atomic E-state index is 12.5. The van der Waals surface area contributed by atoms with Gasteiger partial charge in [-0.3, -0.25) is 9.36 Å². The van der Waals surface area contributed by atoms with Gasteiger partial charge in [0.15, 0.2) is 0 Å². The molecule has 0 saturated carbocycles. The maximum absolute atomic E-state index is 12.5. The standard InChI is InChI=1S/C19H20N4O3/c1-23-16-7-4-13(10-15(16)22-19(23)25)18(24)21-14-5-2-12(3-6-14)17-11-20-8-9-26-17/h2-7,10,17,20H,8-9,11H2,1H3,(H,21,24)(H,22,25). The molecule has 1 aliphatic heterocycles. The molecule has 0 bridgehead atoms. The summed E-state index contributed by atoms with van der Waals surface area (Å²) < 4.78 is 7.24. The number of aryl methyl sites for hydroxylation is 1. The highest BCUT2D eigenvalue weighted by molar-refractivity contribution is 6.05. The first-order chi connectivity index (χ1) is 12.6. The van der Waals surface area contributed by atoms with Crippen molar-refractivity contribution in [3.8, 4) is 0 Å². The van der Waals surface area contributed by atoms with Crippen LogP contribution < -0.4 is 16.3 Å². The Balaban J connectivity index is 1.49. The molecule has 1 atom stereocenters. The number of carbonyl (C=O) groups excluding carboxylic acids is 1. The molecule has 2 heterocycles. The molecule has 0 radical (unpaired) electrons. The lowest BCUT2D eigenvalue weighted by molar-refractivity contribution is 0.0277. The summed E-state index contributed by atoms with van der Waals surface area (Å²) in [6.07, 6.45) is 0.0470. The fraction of sp³-hybridized carbons (Fsp3) is 0.263. The van der Waals surface area contributed by atoms with Gasteiger partial charge >= 0.3 is 5.69 Å². The zero-order valence-corrected chi connectivity index (χ0v) is 14.4. The number of rotatable bonds is 3. The minimum absolute atomic E-state index is 0.0470. The quantitative estimate of drug-likeness (QED) is 0.670. The Morgan fingerprint density at radius 3 is 2.77 bits per heavy atom. The second-order valence-corrected chi connectivity index (χ2v) is 6.36. The van der Waals surface area contributed by atoms with Crippen molar-refractivity contribution in [1.82, 2.24) is 14.9 Å². The molecular formula is C19H20N4O3. The molecule has 0 aliphatic carbocycles. The fourth-order valence-electron chi connectivity index (χ4n) is 3.14. The average molecular weight is 352 g/mol. The summed E-state index contributed by atoms with van der Waals surface area (Å²) in [7, 11) is 1.69. The molecule has 7 nitrogen and oxygen atoms in total. The zero-order chi connectivity index (χ0) is 18.1. The number of morpholine rings is 1. The Hall–Kier alpha value is -2.90. The molecule has 134 valence electrons. The van der Waals surface area contributed by atoms with Gasteiger partial charge in [0.25, 0.3) is 5.91 Å². The number of aromatic amines is 1. The van der Waals surface area contributed by atoms with Crippen LogP contribution in [0.3, 0.4) is 0 Å². The van der Waals surface area contributed by atoms with Crippen LogP contribution in [-0.2, 0) is 11.8 Å². The highest BCUT2D eigenvalue weighted by Crippen LogP contribution is 2.21. The van der Waals surface area contributed by atoms with Gasteiger partial charge in [0, 0.05) is 31.4 Å². The highest BCUT2D eigenvalue weighted by Gasteiger charge is 2.15. The summed E-state index contributed by atoms with van der Waals surface area (Å²) in [6.45, 7) is 2.37. The summed E-state index contributed by atoms with van der Waals surface area (Å²) in [5.41, 5.74) is 3.48. The van der Waals surface area contributed by atoms with Gasteiger partial charge in [0.05, 0.1) is 23.7 Å². The summed E-state index contributed by atoms with van der Waals surface area (Å²) in [6, 6.07) is 12.8. The molecule has 1 aromatic heterocycles. The third-order valence-electron chi connectivity index (χ3n) is 4.63. The van der Waals surface area contributed by atoms with Gasteiger partial charge in [-0.05, 0) is 35.9 Å². The summed E-state index contributed by atoms with van der Waals surface area (Å²) >= 11 is 0. The summed E-state index contributed by atoms with van der Waals surface area (Å²) in [5, 5.41) is 6.18. The number of fused-ring (bicyclic) bond motifs is 1. The maximum Gasteiger partial charge on any atom is 0.326 e. The Morgan fingerprint density at radius 2 is 2.04 bits per heavy atom. The third-order valence-corrected chi connectivity index (χ3v) is 4.63. The lowest BCUT2D eigenvalue weighted by atomic mass is 10.1. The van der Waals surface area contributed by atoms with Crippen LogP contribution in [0.1, 0.15) is 22.0 Å². The van der Waals surface area contributed by atoms with Crippen molar-refractivity contribution in [2.75, 3.05) is 25.0 Å². The van der Waals surface area contributed by atoms with E-state index >= 15 is 0 Å². The van der Waals surface area contributed by atoms with Gasteiger partial charge in [-0.2, -0.15) is 0 Å². The van der Waals surface area contributed by atoms with E-state index in [0.717, 1.165) is 24.2 Å². The number of aromatic nitrogens is 2. The number of hydrogen-bond donors (Lipinski definition) is 3. The minimum Gasteiger partial charge on any atom is -0.371 e. The third kappa shape index (κ3) is 3.14. The van der Waals surface area contributed by atoms with Crippen molar-refractivity contribution in [3.05, 3.63) is 64.1 Å². The highest BCUT2D eigenvalue weighted by atomic mass is 16.5. The van der Waals surface area contributed by atoms with E-state index in [2.05, 4.69) is 15.6 Å². The topological polar surface area (TPSA) is 88.2 Å². The number of nitrogens with zero attached hydrogens (tertiary/aromatic N) is 1. The van der Waals surface area contributed by atoms with E-state index in [4.69, 9.17) is 4.74 Å². The van der Waals surface area contributed by atoms with Crippen LogP contribution in [0.2, 0.25) is 0 Å². The molecule has 2 aromatic carbocycles. The van der Waals surface area contributed by atoms with Crippen LogP contribution in [0.4, 0.5) is 5.69 Å². The van der Waals surface area contributed by atoms with Gasteiger partial charge in [-0.25, -0.2) is 4.79 Å². The number of hydrogen-bond acceptors (Lipinski definition) is 4. The van der Waals surface area contributed by atoms with Crippen LogP contribution in [0.15, 0.2) is 47.3 Å². The van der Waals surface area contributed by atoms with E-state index < -0.39 is 0 Å². The van der Waals surface area contributed by atoms with Crippen LogP contribution in [0.25, 0.3) is 11.0 Å². The Bertz CT molecular complexity index is 998. The molecule has 1 aliphatic rings. The predicted octanol–water partition coefficient (Wildman–Crippen LogP) is 1.78. The molecule has 1 fully saturated rings. The van der Waals surface area contributed by atoms with Crippen LogP contribution in [0.5, 0.6) is 0 Å². The number of ether oxygens (including phenoxy) is 1. The fourth-order valence-corrected chi connectivity index (χ4v) is 3.14. The van der Waals surface area contributed by atoms with Crippen molar-refractivity contribution in [2.45, 2.75) is 6.10 Å². The molecule has 1 saturated heterocycles. The van der Waals surface area contributed by atoms with Gasteiger partial charge < -0.3 is 20.4 Å². The normalized spacial score (nSPS) is 17.3. The first-order valence-electron chi connectivity index (χ1n) is 8.54. The van der Waals surface area contributed by atoms with E-state index in [0.29, 0.717) is 23.4 Å². The number of carbonyl (C=O) groups is 1. The molecule has 26 heavy (non-hydrogen) atoms. The molecule has 7 heteroatoms. The minimum atomic E-state index is -0.222. The van der Waals surface area contributed by atoms with Crippen LogP contribution >= 0.6 is 0 Å². The van der Waals surface area contributed by atoms with Crippen molar-refractivity contribution in [3.63, 3.8) is 0 Å². The van der Waals surface area contributed by atoms with E-state index in [1.807, 2.05) is 24.3 Å². The number of imidazole rings is 1. The smallest absolute Gasteiger partial charge is 0.326 e. The molecule has 0 spiro atoms. The molecule has 1 unspecified atom stereocenters. The van der Waals surface area contributed by atoms with Crippen LogP contribution in [-0.4, -0.2) is 35.2 Å². The van der Waals surface area contributed by atoms with Crippen molar-refractivity contribution in [1.29, 1.82) is 0 Å². The number of anilines is 1. The van der Waals surface area contributed by atoms with Gasteiger partial charge in [0.1, 0.15) is 0 Å². The molecule has 3 aromatic rings. The number of amides is 1. The van der Waals surface area contributed by atoms with E-state index in [1.165, 1.54) is 4.57 Å². The average Bonchev–Trinajstić information content (AvgIpc) is 2.96. The largest absolute Gasteiger partial charge is 0.371 e. The first kappa shape index (κ1) is 16.6. The molecule has 4 rings (SSSR count). The lowest BCUT2D eigenvalue weighted by Crippen LogP contribution is -2.33. The number of benzene rings is 2. The van der Waals surface area contributed by atoms with Crippen LogP contribution in [0, 0.1) is 0 Å². The zero-order valence-electron chi connectivity index (χ0n) is 14.4. The second-order valence-electron chi connectivity index (χ2n) is 6.36. The lowest BCUT2D eigenvalue weighted by Gasteiger charge is -2.24. The summed E-state index contributed by atoms with van der Waals surface area (Å²) in [5.74, 6) is -0.222. The Labute approximate surface area is 150 Å². The van der Waals surface area contributed by atoms with E-state index in [1.54, 1.807) is 25.2 Å². The molecule has 1 amide bonds. The SMILES string of the molecule is Cn1c(=O)[nH]c2cc(C(=O)Nc3ccc(C4CNCCO4)cc3)ccc21. The monoisotopic (exact) mass is 352 g/mol. The van der Waals surface area contributed by atoms with Crippen molar-refractivity contribution >= 4 is 22.6 Å². The number of H-pyrrole nitrogens is 1. The predicted molar refractivity (Wildman–Crippen MR) is 99.5 cm³/mol. The van der Waals surface area contributed by atoms with E-state index in [-0.39, 0.29) is 17.7 Å². The van der Waals surface area contributed by atoms with Gasteiger partial charge in [-0.1, -0.05) is 12.1 Å². The summed E-state index contributed by atoms with van der Waals surface area (Å²) in [4.78, 5) is 26.9. The van der Waals surface area contributed by atoms with Crippen molar-refractivity contribution < 1.29 is 9.53 Å². The van der Waals surface area contributed by atoms with Crippen molar-refractivity contribution in [2.24, 2.45) is 7.05 Å². The number of nitrogens with one attached hydrogen (secondary N) is 3.